The second-order valence-electron chi connectivity index (χ2n) is 8.48. The third kappa shape index (κ3) is 3.31. The number of carbonyl (C=O) groups is 1. The first-order valence-corrected chi connectivity index (χ1v) is 11.3. The molecule has 0 aliphatic heterocycles. The molecule has 2 aliphatic rings. The number of pyridine rings is 2. The molecule has 2 N–H and O–H groups in total. The molecule has 162 valence electrons. The Bertz CT molecular complexity index is 1390. The summed E-state index contributed by atoms with van der Waals surface area (Å²) in [5, 5.41) is 15.6. The molecule has 0 aromatic carbocycles. The number of rotatable bonds is 6. The first-order valence-electron chi connectivity index (χ1n) is 10.9. The van der Waals surface area contributed by atoms with Crippen LogP contribution in [0.4, 0.5) is 0 Å². The highest BCUT2D eigenvalue weighted by Crippen LogP contribution is 2.40. The van der Waals surface area contributed by atoms with Crippen LogP contribution < -0.4 is 5.32 Å². The Morgan fingerprint density at radius 1 is 1.28 bits per heavy atom. The largest absolute Gasteiger partial charge is 0.345 e. The average molecular weight is 447 g/mol. The second kappa shape index (κ2) is 7.33. The van der Waals surface area contributed by atoms with E-state index in [1.54, 1.807) is 10.9 Å². The highest BCUT2D eigenvalue weighted by Gasteiger charge is 2.30. The monoisotopic (exact) mass is 446 g/mol. The van der Waals surface area contributed by atoms with Crippen molar-refractivity contribution in [2.75, 3.05) is 0 Å². The van der Waals surface area contributed by atoms with Gasteiger partial charge in [-0.2, -0.15) is 14.9 Å². The van der Waals surface area contributed by atoms with Crippen molar-refractivity contribution in [3.63, 3.8) is 0 Å². The third-order valence-electron chi connectivity index (χ3n) is 6.04. The number of carbonyl (C=O) groups excluding carboxylic acids is 1. The van der Waals surface area contributed by atoms with Crippen LogP contribution in [0, 0.1) is 11.7 Å². The molecule has 0 bridgehead atoms. The van der Waals surface area contributed by atoms with Gasteiger partial charge in [-0.25, -0.2) is 9.97 Å². The van der Waals surface area contributed by atoms with Gasteiger partial charge in [-0.1, -0.05) is 6.07 Å². The molecule has 32 heavy (non-hydrogen) atoms. The molecular formula is C22H22N8OS. The zero-order chi connectivity index (χ0) is 21.8. The molecule has 2 aliphatic carbocycles. The molecule has 9 nitrogen and oxygen atoms in total. The molecule has 1 amide bonds. The molecule has 0 saturated heterocycles. The maximum absolute atomic E-state index is 13.4. The van der Waals surface area contributed by atoms with Gasteiger partial charge in [-0.15, -0.1) is 0 Å². The highest BCUT2D eigenvalue weighted by molar-refractivity contribution is 7.71. The van der Waals surface area contributed by atoms with Gasteiger partial charge in [-0.05, 0) is 63.0 Å². The normalized spacial score (nSPS) is 15.9. The molecule has 0 atom stereocenters. The Labute approximate surface area is 188 Å². The summed E-state index contributed by atoms with van der Waals surface area (Å²) in [6.45, 7) is 2.20. The number of nitrogens with one attached hydrogen (secondary N) is 2. The first-order chi connectivity index (χ1) is 15.6. The Morgan fingerprint density at radius 3 is 2.84 bits per heavy atom. The van der Waals surface area contributed by atoms with Crippen LogP contribution in [0.25, 0.3) is 16.9 Å². The van der Waals surface area contributed by atoms with E-state index in [0.717, 1.165) is 48.3 Å². The lowest BCUT2D eigenvalue weighted by atomic mass is 10.1. The van der Waals surface area contributed by atoms with E-state index in [0.29, 0.717) is 40.3 Å². The van der Waals surface area contributed by atoms with E-state index >= 15 is 0 Å². The molecule has 2 fully saturated rings. The van der Waals surface area contributed by atoms with Gasteiger partial charge in [0.1, 0.15) is 0 Å². The van der Waals surface area contributed by atoms with Crippen LogP contribution in [0.15, 0.2) is 30.5 Å². The van der Waals surface area contributed by atoms with Crippen LogP contribution in [0.5, 0.6) is 0 Å². The fourth-order valence-corrected chi connectivity index (χ4v) is 4.44. The molecule has 10 heteroatoms. The van der Waals surface area contributed by atoms with Crippen LogP contribution in [-0.2, 0) is 6.54 Å². The summed E-state index contributed by atoms with van der Waals surface area (Å²) in [7, 11) is 0. The molecule has 4 aromatic rings. The molecule has 0 spiro atoms. The zero-order valence-corrected chi connectivity index (χ0v) is 18.4. The van der Waals surface area contributed by atoms with E-state index in [1.165, 1.54) is 0 Å². The lowest BCUT2D eigenvalue weighted by Gasteiger charge is -2.10. The predicted octanol–water partition coefficient (Wildman–Crippen LogP) is 3.52. The summed E-state index contributed by atoms with van der Waals surface area (Å²) in [4.78, 5) is 22.7. The summed E-state index contributed by atoms with van der Waals surface area (Å²) >= 11 is 5.35. The smallest absolute Gasteiger partial charge is 0.252 e. The zero-order valence-electron chi connectivity index (χ0n) is 17.6. The van der Waals surface area contributed by atoms with Crippen molar-refractivity contribution >= 4 is 29.2 Å². The number of fused-ring (bicyclic) bond motifs is 1. The molecule has 0 unspecified atom stereocenters. The number of nitrogens with zero attached hydrogens (tertiary/aromatic N) is 6. The van der Waals surface area contributed by atoms with Crippen molar-refractivity contribution in [1.82, 2.24) is 39.8 Å². The van der Waals surface area contributed by atoms with E-state index in [-0.39, 0.29) is 5.91 Å². The minimum atomic E-state index is -0.167. The fraction of sp³-hybridized carbons (Fsp3) is 0.364. The van der Waals surface area contributed by atoms with Crippen LogP contribution >= 0.6 is 12.2 Å². The molecule has 2 saturated carbocycles. The predicted molar refractivity (Wildman–Crippen MR) is 120 cm³/mol. The van der Waals surface area contributed by atoms with E-state index < -0.39 is 0 Å². The number of amides is 1. The van der Waals surface area contributed by atoms with Crippen LogP contribution in [0.1, 0.15) is 65.2 Å². The van der Waals surface area contributed by atoms with Gasteiger partial charge in [0.25, 0.3) is 5.91 Å². The van der Waals surface area contributed by atoms with Gasteiger partial charge in [0.15, 0.2) is 22.1 Å². The quantitative estimate of drug-likeness (QED) is 0.439. The van der Waals surface area contributed by atoms with Gasteiger partial charge in [0, 0.05) is 23.9 Å². The Morgan fingerprint density at radius 2 is 2.12 bits per heavy atom. The van der Waals surface area contributed by atoms with Crippen LogP contribution in [0.3, 0.4) is 0 Å². The van der Waals surface area contributed by atoms with Gasteiger partial charge in [-0.3, -0.25) is 14.5 Å². The summed E-state index contributed by atoms with van der Waals surface area (Å²) in [5.74, 6) is 1.65. The summed E-state index contributed by atoms with van der Waals surface area (Å²) in [5.41, 5.74) is 2.92. The van der Waals surface area contributed by atoms with Crippen LogP contribution in [-0.4, -0.2) is 40.4 Å². The van der Waals surface area contributed by atoms with Gasteiger partial charge in [0.2, 0.25) is 0 Å². The summed E-state index contributed by atoms with van der Waals surface area (Å²) in [6, 6.07) is 7.97. The van der Waals surface area contributed by atoms with E-state index in [1.807, 2.05) is 35.8 Å². The molecular weight excluding hydrogens is 424 g/mol. The SMILES string of the molecule is Cc1nn(-c2ccccn2)c2nc(C3CC3)cc(C(=O)NCc3n[nH]c(=S)n3C3CC3)c12. The second-order valence-corrected chi connectivity index (χ2v) is 8.87. The third-order valence-corrected chi connectivity index (χ3v) is 6.32. The maximum atomic E-state index is 13.4. The first kappa shape index (κ1) is 19.3. The molecule has 0 radical (unpaired) electrons. The van der Waals surface area contributed by atoms with Gasteiger partial charge in [0.05, 0.1) is 23.2 Å². The Hall–Kier alpha value is -3.40. The van der Waals surface area contributed by atoms with Gasteiger partial charge < -0.3 is 5.32 Å². The number of aromatic nitrogens is 7. The van der Waals surface area contributed by atoms with Crippen molar-refractivity contribution in [3.05, 3.63) is 58.0 Å². The average Bonchev–Trinajstić information content (AvgIpc) is 3.74. The number of hydrogen-bond acceptors (Lipinski definition) is 6. The van der Waals surface area contributed by atoms with Gasteiger partial charge >= 0.3 is 0 Å². The summed E-state index contributed by atoms with van der Waals surface area (Å²) in [6.07, 6.45) is 6.09. The summed E-state index contributed by atoms with van der Waals surface area (Å²) < 4.78 is 4.34. The standard InChI is InChI=1S/C22H22N8OS/c1-12-19-15(21(31)24-11-18-26-27-22(32)29(18)14-7-8-14)10-16(13-5-6-13)25-20(19)30(28-12)17-4-2-3-9-23-17/h2-4,9-10,13-14H,5-8,11H2,1H3,(H,24,31)(H,27,32). The number of aryl methyl sites for hydroxylation is 1. The van der Waals surface area contributed by atoms with Crippen molar-refractivity contribution in [3.8, 4) is 5.82 Å². The number of hydrogen-bond donors (Lipinski definition) is 2. The lowest BCUT2D eigenvalue weighted by Crippen LogP contribution is -2.25. The van der Waals surface area contributed by atoms with E-state index in [4.69, 9.17) is 17.2 Å². The maximum Gasteiger partial charge on any atom is 0.252 e. The van der Waals surface area contributed by atoms with Crippen molar-refractivity contribution in [1.29, 1.82) is 0 Å². The molecule has 6 rings (SSSR count). The van der Waals surface area contributed by atoms with Crippen molar-refractivity contribution in [2.45, 2.75) is 51.1 Å². The van der Waals surface area contributed by atoms with Crippen molar-refractivity contribution < 1.29 is 4.79 Å². The molecule has 4 aromatic heterocycles. The van der Waals surface area contributed by atoms with E-state index in [9.17, 15) is 4.79 Å². The lowest BCUT2D eigenvalue weighted by molar-refractivity contribution is 0.0951. The number of H-pyrrole nitrogens is 1. The highest BCUT2D eigenvalue weighted by atomic mass is 32.1. The topological polar surface area (TPSA) is 106 Å². The Kier molecular flexibility index (Phi) is 4.42. The minimum Gasteiger partial charge on any atom is -0.345 e. The number of aromatic amines is 1. The molecule has 4 heterocycles. The van der Waals surface area contributed by atoms with Crippen molar-refractivity contribution in [2.24, 2.45) is 0 Å². The fourth-order valence-electron chi connectivity index (χ4n) is 4.14. The Balaban J connectivity index is 1.39. The van der Waals surface area contributed by atoms with E-state index in [2.05, 4.69) is 25.6 Å². The minimum absolute atomic E-state index is 0.167. The van der Waals surface area contributed by atoms with Crippen LogP contribution in [0.2, 0.25) is 0 Å².